The van der Waals surface area contributed by atoms with E-state index >= 15 is 0 Å². The molecular weight excluding hydrogens is 482 g/mol. The van der Waals surface area contributed by atoms with Crippen molar-refractivity contribution in [1.29, 1.82) is 5.26 Å². The highest BCUT2D eigenvalue weighted by Crippen LogP contribution is 2.26. The van der Waals surface area contributed by atoms with E-state index in [0.29, 0.717) is 28.3 Å². The van der Waals surface area contributed by atoms with Crippen LogP contribution in [0.15, 0.2) is 72.4 Å². The van der Waals surface area contributed by atoms with E-state index in [4.69, 9.17) is 0 Å². The van der Waals surface area contributed by atoms with Gasteiger partial charge in [0.1, 0.15) is 17.8 Å². The Kier molecular flexibility index (Phi) is 6.80. The third-order valence-electron chi connectivity index (χ3n) is 6.33. The lowest BCUT2D eigenvalue weighted by atomic mass is 10.1. The van der Waals surface area contributed by atoms with Gasteiger partial charge in [0.05, 0.1) is 16.9 Å². The Labute approximate surface area is 218 Å². The van der Waals surface area contributed by atoms with E-state index in [2.05, 4.69) is 55.1 Å². The van der Waals surface area contributed by atoms with E-state index in [9.17, 15) is 14.9 Å². The molecule has 11 nitrogen and oxygen atoms in total. The third kappa shape index (κ3) is 5.07. The number of carbonyl (C=O) groups excluding carboxylic acids is 1. The summed E-state index contributed by atoms with van der Waals surface area (Å²) in [4.78, 5) is 41.5. The molecular formula is C27H25N9O2. The number of carbonyl (C=O) groups is 1. The number of aromatic nitrogens is 4. The Bertz CT molecular complexity index is 1630. The number of nitriles is 1. The quantitative estimate of drug-likeness (QED) is 0.378. The Morgan fingerprint density at radius 2 is 1.92 bits per heavy atom. The van der Waals surface area contributed by atoms with Gasteiger partial charge in [0.2, 0.25) is 11.9 Å². The molecule has 4 aromatic rings. The summed E-state index contributed by atoms with van der Waals surface area (Å²) in [5.41, 5.74) is 3.04. The summed E-state index contributed by atoms with van der Waals surface area (Å²) in [6.07, 6.45) is 3.97. The predicted octanol–water partition coefficient (Wildman–Crippen LogP) is 2.67. The number of likely N-dealkylation sites (N-methyl/N-ethyl adjacent to an activating group) is 1. The van der Waals surface area contributed by atoms with Crippen LogP contribution >= 0.6 is 0 Å². The number of piperazine rings is 1. The molecule has 1 aliphatic rings. The van der Waals surface area contributed by atoms with Gasteiger partial charge in [-0.25, -0.2) is 4.98 Å². The van der Waals surface area contributed by atoms with Gasteiger partial charge in [0.15, 0.2) is 5.65 Å². The first kappa shape index (κ1) is 24.6. The molecule has 0 atom stereocenters. The molecule has 0 bridgehead atoms. The Morgan fingerprint density at radius 3 is 2.68 bits per heavy atom. The fraction of sp³-hybridized carbons (Fsp3) is 0.185. The van der Waals surface area contributed by atoms with Crippen molar-refractivity contribution in [3.05, 3.63) is 83.6 Å². The van der Waals surface area contributed by atoms with Gasteiger partial charge in [0, 0.05) is 43.8 Å². The zero-order valence-corrected chi connectivity index (χ0v) is 20.8. The summed E-state index contributed by atoms with van der Waals surface area (Å²) >= 11 is 0. The van der Waals surface area contributed by atoms with Gasteiger partial charge in [-0.15, -0.1) is 0 Å². The van der Waals surface area contributed by atoms with Crippen LogP contribution in [-0.4, -0.2) is 63.6 Å². The maximum atomic E-state index is 12.4. The van der Waals surface area contributed by atoms with E-state index in [1.165, 1.54) is 18.6 Å². The summed E-state index contributed by atoms with van der Waals surface area (Å²) in [6.45, 7) is 7.19. The summed E-state index contributed by atoms with van der Waals surface area (Å²) in [5.74, 6) is -0.123. The normalized spacial score (nSPS) is 13.6. The first-order valence-corrected chi connectivity index (χ1v) is 12.0. The fourth-order valence-electron chi connectivity index (χ4n) is 4.23. The lowest BCUT2D eigenvalue weighted by molar-refractivity contribution is -0.111. The number of nitrogens with one attached hydrogen (secondary N) is 2. The molecule has 0 spiro atoms. The second-order valence-electron chi connectivity index (χ2n) is 8.85. The Balaban J connectivity index is 1.48. The first-order chi connectivity index (χ1) is 18.4. The van der Waals surface area contributed by atoms with Crippen molar-refractivity contribution in [2.24, 2.45) is 0 Å². The number of rotatable bonds is 6. The van der Waals surface area contributed by atoms with Crippen LogP contribution in [0.4, 0.5) is 23.0 Å². The maximum absolute atomic E-state index is 12.4. The highest BCUT2D eigenvalue weighted by Gasteiger charge is 2.17. The van der Waals surface area contributed by atoms with Gasteiger partial charge < -0.3 is 20.4 Å². The van der Waals surface area contributed by atoms with Crippen LogP contribution in [-0.2, 0) is 4.79 Å². The van der Waals surface area contributed by atoms with Crippen LogP contribution in [0, 0.1) is 11.3 Å². The monoisotopic (exact) mass is 507 g/mol. The summed E-state index contributed by atoms with van der Waals surface area (Å²) < 4.78 is 1.63. The van der Waals surface area contributed by atoms with Gasteiger partial charge in [-0.1, -0.05) is 12.6 Å². The zero-order valence-electron chi connectivity index (χ0n) is 20.8. The fourth-order valence-corrected chi connectivity index (χ4v) is 4.23. The number of nitrogens with zero attached hydrogens (tertiary/aromatic N) is 7. The van der Waals surface area contributed by atoms with Crippen LogP contribution in [0.1, 0.15) is 5.56 Å². The molecule has 1 fully saturated rings. The molecule has 38 heavy (non-hydrogen) atoms. The Morgan fingerprint density at radius 1 is 1.11 bits per heavy atom. The predicted molar refractivity (Wildman–Crippen MR) is 146 cm³/mol. The van der Waals surface area contributed by atoms with Crippen LogP contribution in [0.5, 0.6) is 0 Å². The van der Waals surface area contributed by atoms with Gasteiger partial charge in [-0.3, -0.25) is 14.2 Å². The number of hydrogen-bond donors (Lipinski definition) is 2. The second-order valence-corrected chi connectivity index (χ2v) is 8.85. The molecule has 11 heteroatoms. The lowest BCUT2D eigenvalue weighted by Gasteiger charge is -2.34. The lowest BCUT2D eigenvalue weighted by Crippen LogP contribution is -2.44. The van der Waals surface area contributed by atoms with Crippen molar-refractivity contribution in [2.75, 3.05) is 48.8 Å². The SMILES string of the molecule is C=CC(=O)Nc1cccc(-n2cnc(=O)c3cnc(Nc4ccc(N5CCN(C)CC5)cc4C#N)nc32)c1. The van der Waals surface area contributed by atoms with Crippen LogP contribution in [0.3, 0.4) is 0 Å². The summed E-state index contributed by atoms with van der Waals surface area (Å²) in [5, 5.41) is 15.9. The molecule has 0 unspecified atom stereocenters. The molecule has 2 aromatic carbocycles. The van der Waals surface area contributed by atoms with Crippen molar-refractivity contribution in [3.63, 3.8) is 0 Å². The minimum atomic E-state index is -0.465. The minimum Gasteiger partial charge on any atom is -0.369 e. The Hall–Kier alpha value is -5.08. The number of anilines is 4. The molecule has 0 radical (unpaired) electrons. The summed E-state index contributed by atoms with van der Waals surface area (Å²) in [6, 6.07) is 14.9. The van der Waals surface area contributed by atoms with Crippen LogP contribution in [0.2, 0.25) is 0 Å². The molecule has 190 valence electrons. The molecule has 1 aliphatic heterocycles. The number of amides is 1. The number of hydrogen-bond acceptors (Lipinski definition) is 9. The van der Waals surface area contributed by atoms with Gasteiger partial charge in [-0.2, -0.15) is 15.2 Å². The molecule has 0 aliphatic carbocycles. The highest BCUT2D eigenvalue weighted by atomic mass is 16.1. The van der Waals surface area contributed by atoms with E-state index in [-0.39, 0.29) is 17.2 Å². The number of benzene rings is 2. The van der Waals surface area contributed by atoms with Crippen molar-refractivity contribution in [1.82, 2.24) is 24.4 Å². The molecule has 0 saturated carbocycles. The minimum absolute atomic E-state index is 0.219. The third-order valence-corrected chi connectivity index (χ3v) is 6.33. The van der Waals surface area contributed by atoms with E-state index in [1.807, 2.05) is 18.2 Å². The van der Waals surface area contributed by atoms with Gasteiger partial charge in [0.25, 0.3) is 5.56 Å². The van der Waals surface area contributed by atoms with Crippen molar-refractivity contribution in [3.8, 4) is 11.8 Å². The molecule has 1 saturated heterocycles. The standard InChI is InChI=1S/C27H25N9O2/c1-3-24(37)31-19-5-4-6-21(14-19)36-17-30-26(38)22-16-29-27(33-25(22)36)32-23-8-7-20(13-18(23)15-28)35-11-9-34(2)10-12-35/h3-8,13-14,16-17H,1,9-12H2,2H3,(H,31,37)(H,29,32,33). The smallest absolute Gasteiger partial charge is 0.283 e. The molecule has 5 rings (SSSR count). The first-order valence-electron chi connectivity index (χ1n) is 12.0. The van der Waals surface area contributed by atoms with Crippen LogP contribution < -0.4 is 21.1 Å². The molecule has 3 heterocycles. The molecule has 1 amide bonds. The highest BCUT2D eigenvalue weighted by molar-refractivity contribution is 5.99. The van der Waals surface area contributed by atoms with Crippen molar-refractivity contribution < 1.29 is 4.79 Å². The topological polar surface area (TPSA) is 132 Å². The van der Waals surface area contributed by atoms with Gasteiger partial charge in [-0.05, 0) is 49.5 Å². The number of fused-ring (bicyclic) bond motifs is 1. The van der Waals surface area contributed by atoms with E-state index in [1.54, 1.807) is 28.8 Å². The summed E-state index contributed by atoms with van der Waals surface area (Å²) in [7, 11) is 2.10. The zero-order chi connectivity index (χ0) is 26.6. The van der Waals surface area contributed by atoms with Crippen molar-refractivity contribution >= 4 is 40.0 Å². The molecule has 2 N–H and O–H groups in total. The van der Waals surface area contributed by atoms with Crippen molar-refractivity contribution in [2.45, 2.75) is 0 Å². The van der Waals surface area contributed by atoms with Gasteiger partial charge >= 0.3 is 0 Å². The maximum Gasteiger partial charge on any atom is 0.283 e. The van der Waals surface area contributed by atoms with E-state index in [0.717, 1.165) is 31.9 Å². The molecule has 2 aromatic heterocycles. The largest absolute Gasteiger partial charge is 0.369 e. The average molecular weight is 508 g/mol. The van der Waals surface area contributed by atoms with E-state index < -0.39 is 5.56 Å². The average Bonchev–Trinajstić information content (AvgIpc) is 2.94. The second kappa shape index (κ2) is 10.5. The van der Waals surface area contributed by atoms with Crippen LogP contribution in [0.25, 0.3) is 16.7 Å².